The summed E-state index contributed by atoms with van der Waals surface area (Å²) in [5.74, 6) is 1.16. The normalized spacial score (nSPS) is 10.5. The fourth-order valence-corrected chi connectivity index (χ4v) is 2.06. The first-order chi connectivity index (χ1) is 10.6. The average Bonchev–Trinajstić information content (AvgIpc) is 2.53. The van der Waals surface area contributed by atoms with Crippen LogP contribution in [0.1, 0.15) is 49.0 Å². The van der Waals surface area contributed by atoms with E-state index in [0.29, 0.717) is 29.6 Å². The molecule has 0 N–H and O–H groups in total. The van der Waals surface area contributed by atoms with Crippen LogP contribution in [-0.2, 0) is 0 Å². The van der Waals surface area contributed by atoms with Crippen molar-refractivity contribution in [3.05, 3.63) is 59.7 Å². The molecule has 0 amide bonds. The predicted octanol–water partition coefficient (Wildman–Crippen LogP) is 4.82. The molecule has 2 aromatic rings. The van der Waals surface area contributed by atoms with Crippen molar-refractivity contribution in [1.29, 1.82) is 0 Å². The Labute approximate surface area is 131 Å². The van der Waals surface area contributed by atoms with Crippen LogP contribution < -0.4 is 9.47 Å². The molecule has 0 saturated carbocycles. The smallest absolute Gasteiger partial charge is 0.347 e. The minimum Gasteiger partial charge on any atom is -0.493 e. The summed E-state index contributed by atoms with van der Waals surface area (Å²) in [6.45, 7) is 6.86. The summed E-state index contributed by atoms with van der Waals surface area (Å²) in [4.78, 5) is 12.3. The zero-order chi connectivity index (χ0) is 15.9. The quantitative estimate of drug-likeness (QED) is 0.566. The van der Waals surface area contributed by atoms with Crippen molar-refractivity contribution < 1.29 is 14.3 Å². The molecule has 3 heteroatoms. The first-order valence-electron chi connectivity index (χ1n) is 7.65. The first kappa shape index (κ1) is 16.1. The van der Waals surface area contributed by atoms with Gasteiger partial charge >= 0.3 is 5.97 Å². The highest BCUT2D eigenvalue weighted by Crippen LogP contribution is 2.22. The SMILES string of the molecule is CCCOc1ccccc1C(=O)Oc1ccc(C(C)C)cc1. The van der Waals surface area contributed by atoms with Crippen LogP contribution in [0.2, 0.25) is 0 Å². The number of carbonyl (C=O) groups excluding carboxylic acids is 1. The van der Waals surface area contributed by atoms with Gasteiger partial charge in [0, 0.05) is 0 Å². The molecule has 3 nitrogen and oxygen atoms in total. The molecule has 0 unspecified atom stereocenters. The Morgan fingerprint density at radius 3 is 2.36 bits per heavy atom. The second-order valence-electron chi connectivity index (χ2n) is 5.46. The van der Waals surface area contributed by atoms with E-state index in [1.165, 1.54) is 5.56 Å². The molecule has 2 aromatic carbocycles. The molecule has 0 radical (unpaired) electrons. The van der Waals surface area contributed by atoms with Crippen LogP contribution in [0.25, 0.3) is 0 Å². The molecule has 0 heterocycles. The van der Waals surface area contributed by atoms with Gasteiger partial charge in [-0.1, -0.05) is 45.0 Å². The van der Waals surface area contributed by atoms with Crippen LogP contribution in [-0.4, -0.2) is 12.6 Å². The molecule has 22 heavy (non-hydrogen) atoms. The van der Waals surface area contributed by atoms with E-state index in [9.17, 15) is 4.79 Å². The fraction of sp³-hybridized carbons (Fsp3) is 0.316. The minimum absolute atomic E-state index is 0.399. The Morgan fingerprint density at radius 1 is 1.05 bits per heavy atom. The summed E-state index contributed by atoms with van der Waals surface area (Å²) in [5, 5.41) is 0. The molecule has 0 atom stereocenters. The molecular formula is C19H22O3. The van der Waals surface area contributed by atoms with Crippen LogP contribution >= 0.6 is 0 Å². The molecule has 0 saturated heterocycles. The van der Waals surface area contributed by atoms with E-state index in [4.69, 9.17) is 9.47 Å². The molecule has 0 aromatic heterocycles. The fourth-order valence-electron chi connectivity index (χ4n) is 2.06. The average molecular weight is 298 g/mol. The summed E-state index contributed by atoms with van der Waals surface area (Å²) in [5.41, 5.74) is 1.66. The summed E-state index contributed by atoms with van der Waals surface area (Å²) in [6.07, 6.45) is 0.889. The Bertz CT molecular complexity index is 615. The maximum absolute atomic E-state index is 12.3. The molecule has 0 bridgehead atoms. The van der Waals surface area contributed by atoms with E-state index >= 15 is 0 Å². The lowest BCUT2D eigenvalue weighted by molar-refractivity contribution is 0.0730. The topological polar surface area (TPSA) is 35.5 Å². The van der Waals surface area contributed by atoms with Crippen LogP contribution in [0.5, 0.6) is 11.5 Å². The molecule has 0 spiro atoms. The lowest BCUT2D eigenvalue weighted by atomic mass is 10.0. The van der Waals surface area contributed by atoms with E-state index in [1.54, 1.807) is 18.2 Å². The highest BCUT2D eigenvalue weighted by atomic mass is 16.5. The van der Waals surface area contributed by atoms with Crippen molar-refractivity contribution in [2.75, 3.05) is 6.61 Å². The molecule has 0 fully saturated rings. The third kappa shape index (κ3) is 4.10. The van der Waals surface area contributed by atoms with Gasteiger partial charge in [0.15, 0.2) is 0 Å². The summed E-state index contributed by atoms with van der Waals surface area (Å²) in [7, 11) is 0. The van der Waals surface area contributed by atoms with Crippen molar-refractivity contribution >= 4 is 5.97 Å². The van der Waals surface area contributed by atoms with Gasteiger partial charge in [-0.05, 0) is 42.2 Å². The monoisotopic (exact) mass is 298 g/mol. The van der Waals surface area contributed by atoms with Crippen LogP contribution in [0.4, 0.5) is 0 Å². The van der Waals surface area contributed by atoms with Crippen molar-refractivity contribution in [3.8, 4) is 11.5 Å². The third-order valence-corrected chi connectivity index (χ3v) is 3.33. The number of carbonyl (C=O) groups is 1. The lowest BCUT2D eigenvalue weighted by Crippen LogP contribution is -2.11. The number of rotatable bonds is 6. The van der Waals surface area contributed by atoms with Gasteiger partial charge in [-0.2, -0.15) is 0 Å². The molecule has 2 rings (SSSR count). The van der Waals surface area contributed by atoms with E-state index in [2.05, 4.69) is 13.8 Å². The number of hydrogen-bond acceptors (Lipinski definition) is 3. The molecule has 0 aliphatic carbocycles. The maximum atomic E-state index is 12.3. The highest BCUT2D eigenvalue weighted by Gasteiger charge is 2.14. The predicted molar refractivity (Wildman–Crippen MR) is 87.7 cm³/mol. The lowest BCUT2D eigenvalue weighted by Gasteiger charge is -2.11. The first-order valence-corrected chi connectivity index (χ1v) is 7.65. The van der Waals surface area contributed by atoms with E-state index in [1.807, 2.05) is 37.3 Å². The molecule has 0 aliphatic rings. The third-order valence-electron chi connectivity index (χ3n) is 3.33. The van der Waals surface area contributed by atoms with Gasteiger partial charge in [-0.25, -0.2) is 4.79 Å². The Kier molecular flexibility index (Phi) is 5.59. The zero-order valence-electron chi connectivity index (χ0n) is 13.3. The molecule has 0 aliphatic heterocycles. The molecular weight excluding hydrogens is 276 g/mol. The summed E-state index contributed by atoms with van der Waals surface area (Å²) < 4.78 is 11.0. The van der Waals surface area contributed by atoms with E-state index in [0.717, 1.165) is 6.42 Å². The van der Waals surface area contributed by atoms with Gasteiger partial charge < -0.3 is 9.47 Å². The van der Waals surface area contributed by atoms with Crippen molar-refractivity contribution in [3.63, 3.8) is 0 Å². The van der Waals surface area contributed by atoms with Crippen molar-refractivity contribution in [1.82, 2.24) is 0 Å². The van der Waals surface area contributed by atoms with Crippen LogP contribution in [0.3, 0.4) is 0 Å². The summed E-state index contributed by atoms with van der Waals surface area (Å²) >= 11 is 0. The van der Waals surface area contributed by atoms with E-state index in [-0.39, 0.29) is 0 Å². The van der Waals surface area contributed by atoms with Crippen LogP contribution in [0.15, 0.2) is 48.5 Å². The second kappa shape index (κ2) is 7.64. The largest absolute Gasteiger partial charge is 0.493 e. The van der Waals surface area contributed by atoms with Gasteiger partial charge in [0.25, 0.3) is 0 Å². The van der Waals surface area contributed by atoms with Gasteiger partial charge in [-0.3, -0.25) is 0 Å². The Balaban J connectivity index is 2.11. The standard InChI is InChI=1S/C19H22O3/c1-4-13-21-18-8-6-5-7-17(18)19(20)22-16-11-9-15(10-12-16)14(2)3/h5-12,14H,4,13H2,1-3H3. The van der Waals surface area contributed by atoms with Crippen molar-refractivity contribution in [2.24, 2.45) is 0 Å². The minimum atomic E-state index is -0.399. The van der Waals surface area contributed by atoms with Crippen molar-refractivity contribution in [2.45, 2.75) is 33.1 Å². The van der Waals surface area contributed by atoms with Gasteiger partial charge in [0.05, 0.1) is 6.61 Å². The van der Waals surface area contributed by atoms with Gasteiger partial charge in [0.2, 0.25) is 0 Å². The van der Waals surface area contributed by atoms with E-state index < -0.39 is 5.97 Å². The number of benzene rings is 2. The highest BCUT2D eigenvalue weighted by molar-refractivity contribution is 5.93. The summed E-state index contributed by atoms with van der Waals surface area (Å²) in [6, 6.07) is 14.8. The Morgan fingerprint density at radius 2 is 1.73 bits per heavy atom. The van der Waals surface area contributed by atoms with Gasteiger partial charge in [0.1, 0.15) is 17.1 Å². The Hall–Kier alpha value is -2.29. The number of ether oxygens (including phenoxy) is 2. The maximum Gasteiger partial charge on any atom is 0.347 e. The zero-order valence-corrected chi connectivity index (χ0v) is 13.3. The molecule has 116 valence electrons. The number of esters is 1. The second-order valence-corrected chi connectivity index (χ2v) is 5.46. The van der Waals surface area contributed by atoms with Gasteiger partial charge in [-0.15, -0.1) is 0 Å². The number of para-hydroxylation sites is 1. The van der Waals surface area contributed by atoms with Crippen LogP contribution in [0, 0.1) is 0 Å². The number of hydrogen-bond donors (Lipinski definition) is 0.